The van der Waals surface area contributed by atoms with Gasteiger partial charge in [-0.2, -0.15) is 13.2 Å². The second kappa shape index (κ2) is 6.78. The van der Waals surface area contributed by atoms with Crippen LogP contribution in [0.4, 0.5) is 13.2 Å². The Kier molecular flexibility index (Phi) is 5.95. The van der Waals surface area contributed by atoms with Gasteiger partial charge in [0.2, 0.25) is 5.91 Å². The molecule has 1 rings (SSSR count). The molecule has 0 bridgehead atoms. The Bertz CT molecular complexity index is 275. The number of rotatable bonds is 4. The Balaban J connectivity index is 2.40. The highest BCUT2D eigenvalue weighted by Gasteiger charge is 2.42. The molecule has 0 unspecified atom stereocenters. The van der Waals surface area contributed by atoms with Crippen molar-refractivity contribution >= 4 is 21.8 Å². The van der Waals surface area contributed by atoms with E-state index in [0.29, 0.717) is 19.4 Å². The monoisotopic (exact) mass is 329 g/mol. The smallest absolute Gasteiger partial charge is 0.345 e. The molecule has 0 heterocycles. The van der Waals surface area contributed by atoms with Gasteiger partial charge in [-0.15, -0.1) is 0 Å². The molecule has 106 valence electrons. The molecule has 0 aromatic heterocycles. The lowest BCUT2D eigenvalue weighted by Gasteiger charge is -2.31. The topological polar surface area (TPSA) is 20.3 Å². The summed E-state index contributed by atoms with van der Waals surface area (Å²) in [7, 11) is 1.72. The maximum atomic E-state index is 12.5. The summed E-state index contributed by atoms with van der Waals surface area (Å²) in [5.41, 5.74) is 0. The van der Waals surface area contributed by atoms with Gasteiger partial charge in [-0.1, -0.05) is 15.9 Å². The van der Waals surface area contributed by atoms with Crippen LogP contribution in [0.5, 0.6) is 0 Å². The third-order valence-electron chi connectivity index (χ3n) is 3.54. The molecule has 6 heteroatoms. The molecule has 1 amide bonds. The number of nitrogens with zero attached hydrogens (tertiary/aromatic N) is 1. The van der Waals surface area contributed by atoms with Crippen LogP contribution in [-0.2, 0) is 4.79 Å². The first-order valence-corrected chi connectivity index (χ1v) is 7.36. The molecule has 0 aromatic rings. The van der Waals surface area contributed by atoms with Crippen molar-refractivity contribution in [2.75, 3.05) is 18.9 Å². The third-order valence-corrected chi connectivity index (χ3v) is 4.10. The molecule has 1 aliphatic rings. The zero-order chi connectivity index (χ0) is 13.8. The molecule has 18 heavy (non-hydrogen) atoms. The molecule has 1 aliphatic carbocycles. The molecule has 0 aliphatic heterocycles. The number of alkyl halides is 4. The standard InChI is InChI=1S/C12H19BrF3NO/c1-17(8-2-7-13)11(18)9-3-5-10(6-4-9)12(14,15)16/h9-10H,2-8H2,1H3. The molecular weight excluding hydrogens is 311 g/mol. The minimum absolute atomic E-state index is 0.00317. The van der Waals surface area contributed by atoms with E-state index in [1.807, 2.05) is 0 Å². The molecule has 1 fully saturated rings. The number of hydrogen-bond donors (Lipinski definition) is 0. The van der Waals surface area contributed by atoms with Crippen molar-refractivity contribution in [3.63, 3.8) is 0 Å². The fourth-order valence-electron chi connectivity index (χ4n) is 2.39. The van der Waals surface area contributed by atoms with Crippen molar-refractivity contribution in [2.45, 2.75) is 38.3 Å². The Hall–Kier alpha value is -0.260. The van der Waals surface area contributed by atoms with E-state index in [2.05, 4.69) is 15.9 Å². The Labute approximate surface area is 114 Å². The van der Waals surface area contributed by atoms with Crippen LogP contribution in [0.25, 0.3) is 0 Å². The van der Waals surface area contributed by atoms with Crippen molar-refractivity contribution in [2.24, 2.45) is 11.8 Å². The average Bonchev–Trinajstić information content (AvgIpc) is 2.34. The van der Waals surface area contributed by atoms with Gasteiger partial charge in [0, 0.05) is 24.8 Å². The van der Waals surface area contributed by atoms with Crippen molar-refractivity contribution in [3.05, 3.63) is 0 Å². The summed E-state index contributed by atoms with van der Waals surface area (Å²) < 4.78 is 37.5. The molecule has 0 N–H and O–H groups in total. The van der Waals surface area contributed by atoms with Crippen LogP contribution in [0.2, 0.25) is 0 Å². The van der Waals surface area contributed by atoms with Gasteiger partial charge in [0.25, 0.3) is 0 Å². The Morgan fingerprint density at radius 3 is 2.28 bits per heavy atom. The lowest BCUT2D eigenvalue weighted by molar-refractivity contribution is -0.185. The highest BCUT2D eigenvalue weighted by Crippen LogP contribution is 2.39. The zero-order valence-electron chi connectivity index (χ0n) is 10.5. The van der Waals surface area contributed by atoms with Gasteiger partial charge < -0.3 is 4.90 Å². The molecule has 0 spiro atoms. The largest absolute Gasteiger partial charge is 0.391 e. The highest BCUT2D eigenvalue weighted by molar-refractivity contribution is 9.09. The van der Waals surface area contributed by atoms with Gasteiger partial charge in [0.1, 0.15) is 0 Å². The summed E-state index contributed by atoms with van der Waals surface area (Å²) in [5, 5.41) is 0.825. The first kappa shape index (κ1) is 15.8. The number of halogens is 4. The molecule has 0 aromatic carbocycles. The fraction of sp³-hybridized carbons (Fsp3) is 0.917. The van der Waals surface area contributed by atoms with Gasteiger partial charge in [-0.3, -0.25) is 4.79 Å². The van der Waals surface area contributed by atoms with Crippen LogP contribution < -0.4 is 0 Å². The van der Waals surface area contributed by atoms with Gasteiger partial charge in [0.15, 0.2) is 0 Å². The van der Waals surface area contributed by atoms with E-state index in [1.165, 1.54) is 0 Å². The van der Waals surface area contributed by atoms with Crippen LogP contribution in [0.3, 0.4) is 0 Å². The first-order valence-electron chi connectivity index (χ1n) is 6.24. The summed E-state index contributed by atoms with van der Waals surface area (Å²) in [4.78, 5) is 13.6. The van der Waals surface area contributed by atoms with Crippen molar-refractivity contribution in [1.29, 1.82) is 0 Å². The molecular formula is C12H19BrF3NO. The lowest BCUT2D eigenvalue weighted by atomic mass is 9.81. The van der Waals surface area contributed by atoms with Crippen LogP contribution in [-0.4, -0.2) is 35.9 Å². The lowest BCUT2D eigenvalue weighted by Crippen LogP contribution is -2.37. The van der Waals surface area contributed by atoms with Crippen LogP contribution in [0.1, 0.15) is 32.1 Å². The predicted octanol–water partition coefficient (Wildman–Crippen LogP) is 3.60. The van der Waals surface area contributed by atoms with E-state index in [9.17, 15) is 18.0 Å². The maximum Gasteiger partial charge on any atom is 0.391 e. The molecule has 2 nitrogen and oxygen atoms in total. The number of amides is 1. The quantitative estimate of drug-likeness (QED) is 0.722. The van der Waals surface area contributed by atoms with Crippen molar-refractivity contribution in [1.82, 2.24) is 4.90 Å². The second-order valence-corrected chi connectivity index (χ2v) is 5.69. The molecule has 1 saturated carbocycles. The third kappa shape index (κ3) is 4.44. The van der Waals surface area contributed by atoms with Gasteiger partial charge in [-0.05, 0) is 32.1 Å². The second-order valence-electron chi connectivity index (χ2n) is 4.89. The number of carbonyl (C=O) groups is 1. The highest BCUT2D eigenvalue weighted by atomic mass is 79.9. The summed E-state index contributed by atoms with van der Waals surface area (Å²) in [6, 6.07) is 0. The molecule has 0 saturated heterocycles. The summed E-state index contributed by atoms with van der Waals surface area (Å²) >= 11 is 3.29. The van der Waals surface area contributed by atoms with Gasteiger partial charge in [-0.25, -0.2) is 0 Å². The normalized spacial score (nSPS) is 24.9. The maximum absolute atomic E-state index is 12.5. The van der Waals surface area contributed by atoms with E-state index in [-0.39, 0.29) is 24.7 Å². The van der Waals surface area contributed by atoms with E-state index < -0.39 is 12.1 Å². The van der Waals surface area contributed by atoms with Crippen molar-refractivity contribution < 1.29 is 18.0 Å². The number of carbonyl (C=O) groups excluding carboxylic acids is 1. The zero-order valence-corrected chi connectivity index (χ0v) is 12.1. The van der Waals surface area contributed by atoms with E-state index in [1.54, 1.807) is 11.9 Å². The van der Waals surface area contributed by atoms with E-state index >= 15 is 0 Å². The van der Waals surface area contributed by atoms with Crippen LogP contribution in [0.15, 0.2) is 0 Å². The minimum Gasteiger partial charge on any atom is -0.345 e. The van der Waals surface area contributed by atoms with E-state index in [0.717, 1.165) is 11.8 Å². The minimum atomic E-state index is -4.10. The average molecular weight is 330 g/mol. The van der Waals surface area contributed by atoms with E-state index in [4.69, 9.17) is 0 Å². The Morgan fingerprint density at radius 2 is 1.83 bits per heavy atom. The van der Waals surface area contributed by atoms with Crippen LogP contribution in [0, 0.1) is 11.8 Å². The number of hydrogen-bond acceptors (Lipinski definition) is 1. The van der Waals surface area contributed by atoms with Crippen LogP contribution >= 0.6 is 15.9 Å². The summed E-state index contributed by atoms with van der Waals surface area (Å²) in [6.45, 7) is 0.656. The molecule has 0 radical (unpaired) electrons. The van der Waals surface area contributed by atoms with Crippen molar-refractivity contribution in [3.8, 4) is 0 Å². The first-order chi connectivity index (χ1) is 8.36. The Morgan fingerprint density at radius 1 is 1.28 bits per heavy atom. The summed E-state index contributed by atoms with van der Waals surface area (Å²) in [6.07, 6.45) is -2.34. The fourth-order valence-corrected chi connectivity index (χ4v) is 2.64. The predicted molar refractivity (Wildman–Crippen MR) is 67.6 cm³/mol. The molecule has 0 atom stereocenters. The SMILES string of the molecule is CN(CCCBr)C(=O)C1CCC(C(F)(F)F)CC1. The van der Waals surface area contributed by atoms with Gasteiger partial charge >= 0.3 is 6.18 Å². The summed E-state index contributed by atoms with van der Waals surface area (Å²) in [5.74, 6) is -1.44. The van der Waals surface area contributed by atoms with Gasteiger partial charge in [0.05, 0.1) is 5.92 Å².